The zero-order chi connectivity index (χ0) is 14.2. The van der Waals surface area contributed by atoms with Crippen molar-refractivity contribution >= 4 is 16.5 Å². The SMILES string of the molecule is Cc1ccc2ccccc2c1-c1cccc2c1NCCC2. The lowest BCUT2D eigenvalue weighted by Gasteiger charge is -2.23. The normalized spacial score (nSPS) is 13.8. The third-order valence-corrected chi connectivity index (χ3v) is 4.48. The van der Waals surface area contributed by atoms with Gasteiger partial charge in [0.1, 0.15) is 0 Å². The Hall–Kier alpha value is -2.28. The van der Waals surface area contributed by atoms with Crippen molar-refractivity contribution in [3.63, 3.8) is 0 Å². The van der Waals surface area contributed by atoms with E-state index in [4.69, 9.17) is 0 Å². The second-order valence-corrected chi connectivity index (χ2v) is 5.85. The van der Waals surface area contributed by atoms with Crippen LogP contribution in [0.5, 0.6) is 0 Å². The molecule has 0 atom stereocenters. The quantitative estimate of drug-likeness (QED) is 0.644. The summed E-state index contributed by atoms with van der Waals surface area (Å²) in [5.74, 6) is 0. The van der Waals surface area contributed by atoms with Crippen LogP contribution in [0.4, 0.5) is 5.69 Å². The first kappa shape index (κ1) is 12.5. The molecule has 0 spiro atoms. The van der Waals surface area contributed by atoms with Crippen molar-refractivity contribution in [1.82, 2.24) is 0 Å². The van der Waals surface area contributed by atoms with Gasteiger partial charge in [0.05, 0.1) is 0 Å². The molecule has 0 unspecified atom stereocenters. The van der Waals surface area contributed by atoms with Crippen LogP contribution in [0.3, 0.4) is 0 Å². The second-order valence-electron chi connectivity index (χ2n) is 5.85. The molecule has 0 amide bonds. The summed E-state index contributed by atoms with van der Waals surface area (Å²) in [4.78, 5) is 0. The van der Waals surface area contributed by atoms with E-state index in [1.165, 1.54) is 51.6 Å². The van der Waals surface area contributed by atoms with E-state index < -0.39 is 0 Å². The molecule has 0 saturated carbocycles. The zero-order valence-corrected chi connectivity index (χ0v) is 12.3. The third-order valence-electron chi connectivity index (χ3n) is 4.48. The van der Waals surface area contributed by atoms with Crippen LogP contribution in [0.1, 0.15) is 17.5 Å². The lowest BCUT2D eigenvalue weighted by molar-refractivity contribution is 0.831. The van der Waals surface area contributed by atoms with Gasteiger partial charge in [0.25, 0.3) is 0 Å². The molecule has 0 bridgehead atoms. The maximum atomic E-state index is 3.62. The van der Waals surface area contributed by atoms with E-state index in [1.807, 2.05) is 0 Å². The van der Waals surface area contributed by atoms with Gasteiger partial charge in [-0.1, -0.05) is 54.6 Å². The van der Waals surface area contributed by atoms with Crippen LogP contribution >= 0.6 is 0 Å². The second kappa shape index (κ2) is 4.92. The van der Waals surface area contributed by atoms with Gasteiger partial charge in [-0.3, -0.25) is 0 Å². The van der Waals surface area contributed by atoms with Gasteiger partial charge in [-0.15, -0.1) is 0 Å². The van der Waals surface area contributed by atoms with E-state index in [1.54, 1.807) is 0 Å². The molecule has 0 radical (unpaired) electrons. The fourth-order valence-electron chi connectivity index (χ4n) is 3.46. The molecule has 0 fully saturated rings. The largest absolute Gasteiger partial charge is 0.384 e. The van der Waals surface area contributed by atoms with Crippen molar-refractivity contribution in [2.45, 2.75) is 19.8 Å². The molecule has 0 aromatic heterocycles. The highest BCUT2D eigenvalue weighted by Crippen LogP contribution is 2.39. The van der Waals surface area contributed by atoms with Gasteiger partial charge in [-0.25, -0.2) is 0 Å². The molecule has 1 heterocycles. The van der Waals surface area contributed by atoms with Crippen LogP contribution < -0.4 is 5.32 Å². The molecular weight excluding hydrogens is 254 g/mol. The molecule has 3 aromatic rings. The summed E-state index contributed by atoms with van der Waals surface area (Å²) in [6, 6.07) is 19.8. The molecule has 0 aliphatic carbocycles. The Morgan fingerprint density at radius 2 is 1.81 bits per heavy atom. The van der Waals surface area contributed by atoms with E-state index in [0.717, 1.165) is 6.54 Å². The Bertz CT molecular complexity index is 817. The summed E-state index contributed by atoms with van der Waals surface area (Å²) >= 11 is 0. The molecule has 1 aliphatic rings. The number of nitrogens with one attached hydrogen (secondary N) is 1. The minimum atomic E-state index is 1.08. The molecular formula is C20H19N. The molecule has 1 aliphatic heterocycles. The minimum Gasteiger partial charge on any atom is -0.384 e. The lowest BCUT2D eigenvalue weighted by atomic mass is 9.89. The van der Waals surface area contributed by atoms with Gasteiger partial charge in [0.15, 0.2) is 0 Å². The predicted molar refractivity (Wildman–Crippen MR) is 90.9 cm³/mol. The maximum absolute atomic E-state index is 3.62. The van der Waals surface area contributed by atoms with Crippen molar-refractivity contribution in [1.29, 1.82) is 0 Å². The highest BCUT2D eigenvalue weighted by atomic mass is 14.9. The summed E-state index contributed by atoms with van der Waals surface area (Å²) in [6.45, 7) is 3.29. The number of benzene rings is 3. The van der Waals surface area contributed by atoms with Crippen LogP contribution in [-0.4, -0.2) is 6.54 Å². The zero-order valence-electron chi connectivity index (χ0n) is 12.3. The fourth-order valence-corrected chi connectivity index (χ4v) is 3.46. The van der Waals surface area contributed by atoms with Crippen LogP contribution in [0, 0.1) is 6.92 Å². The smallest absolute Gasteiger partial charge is 0.0452 e. The van der Waals surface area contributed by atoms with Gasteiger partial charge in [-0.05, 0) is 47.2 Å². The van der Waals surface area contributed by atoms with E-state index in [-0.39, 0.29) is 0 Å². The van der Waals surface area contributed by atoms with Gasteiger partial charge in [0, 0.05) is 17.8 Å². The number of hydrogen-bond acceptors (Lipinski definition) is 1. The van der Waals surface area contributed by atoms with Gasteiger partial charge < -0.3 is 5.32 Å². The van der Waals surface area contributed by atoms with Crippen molar-refractivity contribution in [2.24, 2.45) is 0 Å². The molecule has 4 rings (SSSR count). The number of para-hydroxylation sites is 1. The van der Waals surface area contributed by atoms with Crippen molar-refractivity contribution in [3.05, 3.63) is 65.7 Å². The summed E-state index contributed by atoms with van der Waals surface area (Å²) in [6.07, 6.45) is 2.41. The summed E-state index contributed by atoms with van der Waals surface area (Å²) < 4.78 is 0. The number of aryl methyl sites for hydroxylation is 2. The first-order valence-corrected chi connectivity index (χ1v) is 7.69. The summed E-state index contributed by atoms with van der Waals surface area (Å²) in [5, 5.41) is 6.28. The predicted octanol–water partition coefficient (Wildman–Crippen LogP) is 5.17. The Labute approximate surface area is 125 Å². The molecule has 0 saturated heterocycles. The number of rotatable bonds is 1. The standard InChI is InChI=1S/C20H19N/c1-14-11-12-15-6-2-3-9-17(15)19(14)18-10-4-7-16-8-5-13-21-20(16)18/h2-4,6-7,9-12,21H,5,8,13H2,1H3. The highest BCUT2D eigenvalue weighted by Gasteiger charge is 2.16. The maximum Gasteiger partial charge on any atom is 0.0452 e. The summed E-state index contributed by atoms with van der Waals surface area (Å²) in [5.41, 5.74) is 6.85. The van der Waals surface area contributed by atoms with Crippen molar-refractivity contribution in [3.8, 4) is 11.1 Å². The average Bonchev–Trinajstić information content (AvgIpc) is 2.54. The molecule has 104 valence electrons. The van der Waals surface area contributed by atoms with Gasteiger partial charge in [-0.2, -0.15) is 0 Å². The van der Waals surface area contributed by atoms with E-state index in [2.05, 4.69) is 66.8 Å². The van der Waals surface area contributed by atoms with Crippen LogP contribution in [0.2, 0.25) is 0 Å². The van der Waals surface area contributed by atoms with Crippen molar-refractivity contribution < 1.29 is 0 Å². The molecule has 1 heteroatoms. The highest BCUT2D eigenvalue weighted by molar-refractivity contribution is 6.01. The van der Waals surface area contributed by atoms with Crippen LogP contribution in [-0.2, 0) is 6.42 Å². The number of anilines is 1. The van der Waals surface area contributed by atoms with Crippen molar-refractivity contribution in [2.75, 3.05) is 11.9 Å². The van der Waals surface area contributed by atoms with Crippen LogP contribution in [0.15, 0.2) is 54.6 Å². The van der Waals surface area contributed by atoms with Crippen LogP contribution in [0.25, 0.3) is 21.9 Å². The fraction of sp³-hybridized carbons (Fsp3) is 0.200. The Kier molecular flexibility index (Phi) is 2.92. The topological polar surface area (TPSA) is 12.0 Å². The number of hydrogen-bond donors (Lipinski definition) is 1. The number of fused-ring (bicyclic) bond motifs is 2. The Morgan fingerprint density at radius 1 is 0.905 bits per heavy atom. The monoisotopic (exact) mass is 273 g/mol. The molecule has 21 heavy (non-hydrogen) atoms. The molecule has 3 aromatic carbocycles. The van der Waals surface area contributed by atoms with E-state index >= 15 is 0 Å². The lowest BCUT2D eigenvalue weighted by Crippen LogP contribution is -2.12. The third kappa shape index (κ3) is 2.01. The van der Waals surface area contributed by atoms with Gasteiger partial charge >= 0.3 is 0 Å². The minimum absolute atomic E-state index is 1.08. The Morgan fingerprint density at radius 3 is 2.76 bits per heavy atom. The Balaban J connectivity index is 2.05. The van der Waals surface area contributed by atoms with E-state index in [0.29, 0.717) is 0 Å². The molecule has 1 N–H and O–H groups in total. The van der Waals surface area contributed by atoms with Gasteiger partial charge in [0.2, 0.25) is 0 Å². The average molecular weight is 273 g/mol. The summed E-state index contributed by atoms with van der Waals surface area (Å²) in [7, 11) is 0. The molecule has 1 nitrogen and oxygen atoms in total. The first-order chi connectivity index (χ1) is 10.3. The van der Waals surface area contributed by atoms with E-state index in [9.17, 15) is 0 Å². The first-order valence-electron chi connectivity index (χ1n) is 7.69.